The molecular weight excluding hydrogens is 270 g/mol. The summed E-state index contributed by atoms with van der Waals surface area (Å²) in [4.78, 5) is 14.1. The predicted octanol–water partition coefficient (Wildman–Crippen LogP) is 2.67. The van der Waals surface area contributed by atoms with Crippen molar-refractivity contribution in [1.82, 2.24) is 15.4 Å². The molecule has 3 heterocycles. The van der Waals surface area contributed by atoms with Crippen LogP contribution in [0.3, 0.4) is 0 Å². The molecule has 112 valence electrons. The summed E-state index contributed by atoms with van der Waals surface area (Å²) in [6, 6.07) is 5.59. The molecule has 0 spiro atoms. The topological polar surface area (TPSA) is 71.5 Å². The number of aryl methyl sites for hydroxylation is 1. The zero-order valence-electron chi connectivity index (χ0n) is 12.0. The Kier molecular flexibility index (Phi) is 3.94. The largest absolute Gasteiger partial charge is 0.469 e. The van der Waals surface area contributed by atoms with E-state index in [1.54, 1.807) is 6.26 Å². The molecule has 2 amide bonds. The Hall–Kier alpha value is -2.24. The van der Waals surface area contributed by atoms with Crippen LogP contribution in [0.1, 0.15) is 36.1 Å². The standard InChI is InChI=1S/C15H19N3O3/c1-11-10-14(21-17-11)13-5-2-8-18(13)15(19)16-7-6-12-4-3-9-20-12/h3-4,9-10,13H,2,5-8H2,1H3,(H,16,19)/t13-/m1/s1. The van der Waals surface area contributed by atoms with E-state index in [1.165, 1.54) is 0 Å². The molecule has 21 heavy (non-hydrogen) atoms. The van der Waals surface area contributed by atoms with Gasteiger partial charge in [0.05, 0.1) is 18.0 Å². The van der Waals surface area contributed by atoms with Gasteiger partial charge in [-0.15, -0.1) is 0 Å². The molecule has 0 radical (unpaired) electrons. The van der Waals surface area contributed by atoms with E-state index in [0.29, 0.717) is 13.0 Å². The molecule has 2 aromatic rings. The van der Waals surface area contributed by atoms with E-state index in [-0.39, 0.29) is 12.1 Å². The van der Waals surface area contributed by atoms with Crippen LogP contribution in [0.2, 0.25) is 0 Å². The summed E-state index contributed by atoms with van der Waals surface area (Å²) in [7, 11) is 0. The van der Waals surface area contributed by atoms with Crippen LogP contribution in [0, 0.1) is 6.92 Å². The second-order valence-corrected chi connectivity index (χ2v) is 5.28. The van der Waals surface area contributed by atoms with Gasteiger partial charge in [0, 0.05) is 25.6 Å². The molecule has 0 aliphatic carbocycles. The minimum atomic E-state index is -0.0573. The molecule has 0 unspecified atom stereocenters. The number of carbonyl (C=O) groups excluding carboxylic acids is 1. The molecule has 0 aromatic carbocycles. The Balaban J connectivity index is 1.55. The van der Waals surface area contributed by atoms with Gasteiger partial charge in [0.1, 0.15) is 5.76 Å². The van der Waals surface area contributed by atoms with Crippen LogP contribution < -0.4 is 5.32 Å². The molecule has 3 rings (SSSR count). The highest BCUT2D eigenvalue weighted by atomic mass is 16.5. The molecule has 1 atom stereocenters. The van der Waals surface area contributed by atoms with E-state index in [9.17, 15) is 4.79 Å². The summed E-state index contributed by atoms with van der Waals surface area (Å²) in [5.41, 5.74) is 0.843. The van der Waals surface area contributed by atoms with Crippen LogP contribution >= 0.6 is 0 Å². The minimum absolute atomic E-state index is 0.00480. The molecule has 0 bridgehead atoms. The number of carbonyl (C=O) groups is 1. The monoisotopic (exact) mass is 289 g/mol. The second-order valence-electron chi connectivity index (χ2n) is 5.28. The zero-order chi connectivity index (χ0) is 14.7. The van der Waals surface area contributed by atoms with Crippen LogP contribution in [0.5, 0.6) is 0 Å². The molecule has 1 aliphatic heterocycles. The first-order chi connectivity index (χ1) is 10.2. The average molecular weight is 289 g/mol. The minimum Gasteiger partial charge on any atom is -0.469 e. The molecule has 1 aliphatic rings. The zero-order valence-corrected chi connectivity index (χ0v) is 12.0. The maximum absolute atomic E-state index is 12.3. The molecule has 6 nitrogen and oxygen atoms in total. The van der Waals surface area contributed by atoms with E-state index in [4.69, 9.17) is 8.94 Å². The summed E-state index contributed by atoms with van der Waals surface area (Å²) in [6.45, 7) is 3.19. The van der Waals surface area contributed by atoms with E-state index < -0.39 is 0 Å². The van der Waals surface area contributed by atoms with Crippen LogP contribution in [0.15, 0.2) is 33.4 Å². The normalized spacial score (nSPS) is 18.1. The molecule has 1 saturated heterocycles. The van der Waals surface area contributed by atoms with Gasteiger partial charge < -0.3 is 19.2 Å². The number of furan rings is 1. The summed E-state index contributed by atoms with van der Waals surface area (Å²) >= 11 is 0. The summed E-state index contributed by atoms with van der Waals surface area (Å²) < 4.78 is 10.6. The van der Waals surface area contributed by atoms with Crippen molar-refractivity contribution in [2.45, 2.75) is 32.2 Å². The maximum Gasteiger partial charge on any atom is 0.318 e. The Morgan fingerprint density at radius 3 is 3.19 bits per heavy atom. The lowest BCUT2D eigenvalue weighted by Gasteiger charge is -2.22. The Bertz CT molecular complexity index is 591. The van der Waals surface area contributed by atoms with Crippen molar-refractivity contribution < 1.29 is 13.7 Å². The lowest BCUT2D eigenvalue weighted by Crippen LogP contribution is -2.40. The molecule has 2 aromatic heterocycles. The second kappa shape index (κ2) is 6.03. The number of nitrogens with zero attached hydrogens (tertiary/aromatic N) is 2. The summed E-state index contributed by atoms with van der Waals surface area (Å²) in [6.07, 6.45) is 4.23. The highest BCUT2D eigenvalue weighted by Crippen LogP contribution is 2.32. The third kappa shape index (κ3) is 3.09. The van der Waals surface area contributed by atoms with E-state index in [2.05, 4.69) is 10.5 Å². The fourth-order valence-corrected chi connectivity index (χ4v) is 2.69. The first kappa shape index (κ1) is 13.7. The summed E-state index contributed by atoms with van der Waals surface area (Å²) in [5, 5.41) is 6.84. The third-order valence-electron chi connectivity index (χ3n) is 3.72. The number of likely N-dealkylation sites (tertiary alicyclic amines) is 1. The third-order valence-corrected chi connectivity index (χ3v) is 3.72. The molecule has 0 saturated carbocycles. The molecule has 6 heteroatoms. The van der Waals surface area contributed by atoms with Gasteiger partial charge in [-0.05, 0) is 31.9 Å². The van der Waals surface area contributed by atoms with Crippen molar-refractivity contribution in [2.75, 3.05) is 13.1 Å². The lowest BCUT2D eigenvalue weighted by atomic mass is 10.1. The molecular formula is C15H19N3O3. The van der Waals surface area contributed by atoms with E-state index in [0.717, 1.165) is 36.6 Å². The highest BCUT2D eigenvalue weighted by molar-refractivity contribution is 5.75. The van der Waals surface area contributed by atoms with Crippen molar-refractivity contribution >= 4 is 6.03 Å². The van der Waals surface area contributed by atoms with Crippen molar-refractivity contribution in [2.24, 2.45) is 0 Å². The number of hydrogen-bond donors (Lipinski definition) is 1. The average Bonchev–Trinajstić information content (AvgIpc) is 3.18. The summed E-state index contributed by atoms with van der Waals surface area (Å²) in [5.74, 6) is 1.64. The highest BCUT2D eigenvalue weighted by Gasteiger charge is 2.32. The molecule has 1 N–H and O–H groups in total. The number of amides is 2. The Morgan fingerprint density at radius 1 is 1.57 bits per heavy atom. The van der Waals surface area contributed by atoms with Crippen molar-refractivity contribution in [3.63, 3.8) is 0 Å². The number of hydrogen-bond acceptors (Lipinski definition) is 4. The van der Waals surface area contributed by atoms with Crippen molar-refractivity contribution in [3.05, 3.63) is 41.7 Å². The van der Waals surface area contributed by atoms with Gasteiger partial charge in [-0.3, -0.25) is 0 Å². The van der Waals surface area contributed by atoms with Crippen LogP contribution in [-0.4, -0.2) is 29.2 Å². The van der Waals surface area contributed by atoms with Gasteiger partial charge in [0.2, 0.25) is 0 Å². The first-order valence-corrected chi connectivity index (χ1v) is 7.24. The van der Waals surface area contributed by atoms with Crippen LogP contribution in [0.4, 0.5) is 4.79 Å². The number of urea groups is 1. The van der Waals surface area contributed by atoms with Crippen LogP contribution in [-0.2, 0) is 6.42 Å². The van der Waals surface area contributed by atoms with Gasteiger partial charge in [0.25, 0.3) is 0 Å². The SMILES string of the molecule is Cc1cc([C@H]2CCCN2C(=O)NCCc2ccco2)on1. The van der Waals surface area contributed by atoms with Gasteiger partial charge >= 0.3 is 6.03 Å². The molecule has 1 fully saturated rings. The number of rotatable bonds is 4. The Morgan fingerprint density at radius 2 is 2.48 bits per heavy atom. The van der Waals surface area contributed by atoms with E-state index in [1.807, 2.05) is 30.0 Å². The van der Waals surface area contributed by atoms with Gasteiger partial charge in [0.15, 0.2) is 5.76 Å². The first-order valence-electron chi connectivity index (χ1n) is 7.24. The lowest BCUT2D eigenvalue weighted by molar-refractivity contribution is 0.182. The van der Waals surface area contributed by atoms with Crippen LogP contribution in [0.25, 0.3) is 0 Å². The number of nitrogens with one attached hydrogen (secondary N) is 1. The van der Waals surface area contributed by atoms with Gasteiger partial charge in [-0.25, -0.2) is 4.79 Å². The van der Waals surface area contributed by atoms with Gasteiger partial charge in [-0.2, -0.15) is 0 Å². The fraction of sp³-hybridized carbons (Fsp3) is 0.467. The van der Waals surface area contributed by atoms with Gasteiger partial charge in [-0.1, -0.05) is 5.16 Å². The fourth-order valence-electron chi connectivity index (χ4n) is 2.69. The quantitative estimate of drug-likeness (QED) is 0.939. The smallest absolute Gasteiger partial charge is 0.318 e. The number of aromatic nitrogens is 1. The Labute approximate surface area is 123 Å². The maximum atomic E-state index is 12.3. The van der Waals surface area contributed by atoms with Crippen molar-refractivity contribution in [1.29, 1.82) is 0 Å². The van der Waals surface area contributed by atoms with Crippen molar-refractivity contribution in [3.8, 4) is 0 Å². The predicted molar refractivity (Wildman–Crippen MR) is 75.7 cm³/mol. The van der Waals surface area contributed by atoms with E-state index >= 15 is 0 Å².